The van der Waals surface area contributed by atoms with Gasteiger partial charge in [-0.1, -0.05) is 121 Å². The second-order valence-corrected chi connectivity index (χ2v) is 16.7. The molecular weight excluding hydrogens is 805 g/mol. The molecule has 0 amide bonds. The topological polar surface area (TPSA) is 46.2 Å². The Kier molecular flexibility index (Phi) is 8.24. The van der Waals surface area contributed by atoms with Gasteiger partial charge in [0.2, 0.25) is 5.69 Å². The summed E-state index contributed by atoms with van der Waals surface area (Å²) >= 11 is 0. The van der Waals surface area contributed by atoms with Gasteiger partial charge in [0.15, 0.2) is 0 Å². The fourth-order valence-electron chi connectivity index (χ4n) is 10.4. The zero-order valence-electron chi connectivity index (χ0n) is 35.5. The van der Waals surface area contributed by atoms with E-state index in [4.69, 9.17) is 6.57 Å². The molecule has 6 heteroatoms. The first-order valence-corrected chi connectivity index (χ1v) is 22.0. The van der Waals surface area contributed by atoms with Crippen LogP contribution in [0.4, 0.5) is 22.7 Å². The molecule has 0 spiro atoms. The average Bonchev–Trinajstić information content (AvgIpc) is 4.01. The zero-order chi connectivity index (χ0) is 43.9. The van der Waals surface area contributed by atoms with Crippen molar-refractivity contribution < 1.29 is 0 Å². The summed E-state index contributed by atoms with van der Waals surface area (Å²) in [4.78, 5) is 6.53. The summed E-state index contributed by atoms with van der Waals surface area (Å²) < 4.78 is 6.69. The second-order valence-electron chi connectivity index (χ2n) is 16.7. The van der Waals surface area contributed by atoms with Gasteiger partial charge >= 0.3 is 0 Å². The maximum Gasteiger partial charge on any atom is 0.212 e. The largest absolute Gasteiger partial charge is 0.319 e. The molecule has 66 heavy (non-hydrogen) atoms. The van der Waals surface area contributed by atoms with E-state index in [2.05, 4.69) is 212 Å². The summed E-state index contributed by atoms with van der Waals surface area (Å²) in [7, 11) is 0. The molecule has 13 aromatic rings. The maximum absolute atomic E-state index is 11.2. The normalized spacial score (nSPS) is 11.6. The number of benzene rings is 10. The lowest BCUT2D eigenvalue weighted by atomic mass is 10.0. The van der Waals surface area contributed by atoms with E-state index in [1.807, 2.05) is 36.4 Å². The highest BCUT2D eigenvalue weighted by molar-refractivity contribution is 6.23. The summed E-state index contributed by atoms with van der Waals surface area (Å²) in [6.07, 6.45) is 0. The van der Waals surface area contributed by atoms with Crippen LogP contribution in [0.5, 0.6) is 0 Å². The number of nitrogens with zero attached hydrogens (tertiary/aromatic N) is 6. The molecule has 0 aliphatic rings. The van der Waals surface area contributed by atoms with E-state index < -0.39 is 0 Å². The van der Waals surface area contributed by atoms with Gasteiger partial charge in [-0.15, -0.1) is 0 Å². The van der Waals surface area contributed by atoms with Gasteiger partial charge in [-0.2, -0.15) is 5.26 Å². The molecular formula is C60H36N6. The highest BCUT2D eigenvalue weighted by atomic mass is 15.1. The molecule has 0 radical (unpaired) electrons. The lowest BCUT2D eigenvalue weighted by Gasteiger charge is -2.25. The quantitative estimate of drug-likeness (QED) is 0.157. The van der Waals surface area contributed by atoms with Crippen LogP contribution in [-0.2, 0) is 0 Å². The third-order valence-corrected chi connectivity index (χ3v) is 13.2. The Morgan fingerprint density at radius 1 is 0.394 bits per heavy atom. The van der Waals surface area contributed by atoms with Crippen molar-refractivity contribution in [3.05, 3.63) is 235 Å². The molecule has 0 aliphatic heterocycles. The number of aromatic nitrogens is 3. The zero-order valence-corrected chi connectivity index (χ0v) is 35.5. The fourth-order valence-corrected chi connectivity index (χ4v) is 10.4. The predicted molar refractivity (Wildman–Crippen MR) is 273 cm³/mol. The Hall–Kier alpha value is -9.36. The maximum atomic E-state index is 11.2. The smallest absolute Gasteiger partial charge is 0.212 e. The molecule has 0 unspecified atom stereocenters. The predicted octanol–water partition coefficient (Wildman–Crippen LogP) is 16.0. The van der Waals surface area contributed by atoms with Gasteiger partial charge in [-0.05, 0) is 108 Å². The number of hydrogen-bond acceptors (Lipinski definition) is 2. The van der Waals surface area contributed by atoms with Crippen LogP contribution >= 0.6 is 0 Å². The molecule has 0 bridgehead atoms. The first-order valence-electron chi connectivity index (χ1n) is 22.0. The van der Waals surface area contributed by atoms with Gasteiger partial charge < -0.3 is 18.6 Å². The van der Waals surface area contributed by atoms with Crippen molar-refractivity contribution in [1.29, 1.82) is 5.26 Å². The molecule has 0 saturated carbocycles. The van der Waals surface area contributed by atoms with E-state index in [9.17, 15) is 5.26 Å². The first-order chi connectivity index (χ1) is 32.7. The van der Waals surface area contributed by atoms with Gasteiger partial charge in [0.25, 0.3) is 0 Å². The molecule has 3 heterocycles. The first kappa shape index (κ1) is 37.2. The van der Waals surface area contributed by atoms with Crippen LogP contribution in [0.1, 0.15) is 5.56 Å². The van der Waals surface area contributed by atoms with Crippen LogP contribution < -0.4 is 4.90 Å². The number of fused-ring (bicyclic) bond motifs is 11. The van der Waals surface area contributed by atoms with Gasteiger partial charge in [0.1, 0.15) is 6.07 Å². The molecule has 10 aromatic carbocycles. The summed E-state index contributed by atoms with van der Waals surface area (Å²) in [6, 6.07) is 78.6. The number of para-hydroxylation sites is 5. The molecule has 0 N–H and O–H groups in total. The standard InChI is InChI=1S/C60H36N6/c1-62-51-36-56(65-54-32-30-44(63(41-18-5-2-6-19-41)42-20-7-3-8-21-42)34-50(54)60-45-24-12-11-17-39(45)29-31-55(60)65)40(38-61)33-59(51)66-53-28-16-14-26-47(53)49-35-48-46-25-13-15-27-52(46)64(57(48)37-58(49)66)43-22-9-4-10-23-43/h2-37H. The van der Waals surface area contributed by atoms with Crippen molar-refractivity contribution >= 4 is 98.9 Å². The van der Waals surface area contributed by atoms with Crippen molar-refractivity contribution in [3.63, 3.8) is 0 Å². The Labute approximate surface area is 379 Å². The summed E-state index contributed by atoms with van der Waals surface area (Å²) in [5, 5.41) is 20.1. The van der Waals surface area contributed by atoms with Crippen LogP contribution in [0.15, 0.2) is 218 Å². The number of hydrogen-bond donors (Lipinski definition) is 0. The van der Waals surface area contributed by atoms with Crippen molar-refractivity contribution in [2.75, 3.05) is 4.90 Å². The molecule has 0 aliphatic carbocycles. The van der Waals surface area contributed by atoms with Gasteiger partial charge in [-0.25, -0.2) is 4.85 Å². The van der Waals surface area contributed by atoms with Crippen molar-refractivity contribution in [2.24, 2.45) is 0 Å². The van der Waals surface area contributed by atoms with Crippen molar-refractivity contribution in [1.82, 2.24) is 13.7 Å². The summed E-state index contributed by atoms with van der Waals surface area (Å²) in [5.41, 5.74) is 12.4. The van der Waals surface area contributed by atoms with E-state index in [0.717, 1.165) is 93.6 Å². The Balaban J connectivity index is 1.08. The third kappa shape index (κ3) is 5.46. The lowest BCUT2D eigenvalue weighted by molar-refractivity contribution is 1.14. The minimum atomic E-state index is 0.446. The van der Waals surface area contributed by atoms with Gasteiger partial charge in [-0.3, -0.25) is 0 Å². The van der Waals surface area contributed by atoms with E-state index in [1.165, 1.54) is 5.39 Å². The van der Waals surface area contributed by atoms with Crippen LogP contribution in [-0.4, -0.2) is 13.7 Å². The molecule has 0 saturated heterocycles. The number of nitriles is 1. The average molecular weight is 841 g/mol. The van der Waals surface area contributed by atoms with E-state index in [1.54, 1.807) is 0 Å². The minimum Gasteiger partial charge on any atom is -0.319 e. The number of anilines is 3. The summed E-state index contributed by atoms with van der Waals surface area (Å²) in [6.45, 7) is 8.79. The molecule has 306 valence electrons. The Morgan fingerprint density at radius 3 is 1.61 bits per heavy atom. The van der Waals surface area contributed by atoms with Crippen LogP contribution in [0.25, 0.3) is 98.1 Å². The van der Waals surface area contributed by atoms with Crippen LogP contribution in [0, 0.1) is 17.9 Å². The highest BCUT2D eigenvalue weighted by Gasteiger charge is 2.24. The van der Waals surface area contributed by atoms with Gasteiger partial charge in [0.05, 0.1) is 56.6 Å². The highest BCUT2D eigenvalue weighted by Crippen LogP contribution is 2.45. The molecule has 6 nitrogen and oxygen atoms in total. The molecule has 13 rings (SSSR count). The van der Waals surface area contributed by atoms with E-state index in [0.29, 0.717) is 22.6 Å². The Morgan fingerprint density at radius 2 is 0.939 bits per heavy atom. The lowest BCUT2D eigenvalue weighted by Crippen LogP contribution is -2.09. The van der Waals surface area contributed by atoms with Crippen LogP contribution in [0.3, 0.4) is 0 Å². The van der Waals surface area contributed by atoms with Crippen molar-refractivity contribution in [3.8, 4) is 23.1 Å². The second kappa shape index (κ2) is 14.6. The fraction of sp³-hybridized carbons (Fsp3) is 0. The van der Waals surface area contributed by atoms with Gasteiger partial charge in [0, 0.05) is 55.1 Å². The third-order valence-electron chi connectivity index (χ3n) is 13.2. The van der Waals surface area contributed by atoms with E-state index >= 15 is 0 Å². The van der Waals surface area contributed by atoms with Crippen molar-refractivity contribution in [2.45, 2.75) is 0 Å². The molecule has 3 aromatic heterocycles. The Bertz CT molecular complexity index is 4140. The molecule has 0 atom stereocenters. The summed E-state index contributed by atoms with van der Waals surface area (Å²) in [5.74, 6) is 0. The van der Waals surface area contributed by atoms with Crippen LogP contribution in [0.2, 0.25) is 0 Å². The minimum absolute atomic E-state index is 0.446. The number of rotatable bonds is 6. The molecule has 0 fully saturated rings. The SMILES string of the molecule is [C-]#[N+]c1cc(-n2c3ccc(N(c4ccccc4)c4ccccc4)cc3c3c4ccccc4ccc32)c(C#N)cc1-n1c2ccccc2c2cc3c4ccccc4n(-c4ccccc4)c3cc21. The monoisotopic (exact) mass is 840 g/mol. The van der Waals surface area contributed by atoms with E-state index in [-0.39, 0.29) is 0 Å².